The molecule has 7 heavy (non-hydrogen) atoms. The van der Waals surface area contributed by atoms with Gasteiger partial charge in [-0.25, -0.2) is 0 Å². The smallest absolute Gasteiger partial charge is 0.167 e. The summed E-state index contributed by atoms with van der Waals surface area (Å²) in [5.41, 5.74) is 0. The summed E-state index contributed by atoms with van der Waals surface area (Å²) in [6.45, 7) is 0. The van der Waals surface area contributed by atoms with Crippen molar-refractivity contribution in [1.82, 2.24) is 0 Å². The summed E-state index contributed by atoms with van der Waals surface area (Å²) >= 11 is 0. The largest absolute Gasteiger partial charge is 0.334 e. The molecule has 0 aliphatic carbocycles. The van der Waals surface area contributed by atoms with Crippen molar-refractivity contribution < 1.29 is 17.6 Å². The molecule has 1 radical (unpaired) electrons. The van der Waals surface area contributed by atoms with Crippen LogP contribution in [0.25, 0.3) is 0 Å². The average Bonchev–Trinajstić information content (AvgIpc) is 1.36. The van der Waals surface area contributed by atoms with E-state index in [1.54, 1.807) is 0 Å². The zero-order chi connectivity index (χ0) is 5.15. The molecule has 0 rings (SSSR count). The second-order valence-corrected chi connectivity index (χ2v) is 0.521. The first-order valence-corrected chi connectivity index (χ1v) is 1.01. The van der Waals surface area contributed by atoms with Gasteiger partial charge in [0.1, 0.15) is 0 Å². The molecule has 5 heteroatoms. The van der Waals surface area contributed by atoms with Crippen molar-refractivity contribution in [3.05, 3.63) is 12.2 Å². The summed E-state index contributed by atoms with van der Waals surface area (Å²) in [7, 11) is 0. The molecule has 0 bridgehead atoms. The van der Waals surface area contributed by atoms with Crippen LogP contribution in [-0.4, -0.2) is 51.4 Å². The Kier molecular flexibility index (Phi) is 8.21. The Bertz CT molecular complexity index is 59.8. The molecule has 0 amide bonds. The second kappa shape index (κ2) is 5.24. The van der Waals surface area contributed by atoms with Gasteiger partial charge in [-0.3, -0.25) is 0 Å². The molecule has 0 saturated carbocycles. The van der Waals surface area contributed by atoms with Crippen molar-refractivity contribution in [2.24, 2.45) is 0 Å². The summed E-state index contributed by atoms with van der Waals surface area (Å²) in [6.07, 6.45) is -5.81. The fourth-order valence-corrected chi connectivity index (χ4v) is 0. The fourth-order valence-electron chi connectivity index (χ4n) is 0. The number of rotatable bonds is 0. The van der Waals surface area contributed by atoms with Gasteiger partial charge < -0.3 is 0 Å². The monoisotopic (exact) mass is 139 g/mol. The van der Waals surface area contributed by atoms with Crippen LogP contribution in [-0.2, 0) is 0 Å². The second-order valence-electron chi connectivity index (χ2n) is 0.521. The first-order chi connectivity index (χ1) is 2.64. The summed E-state index contributed by atoms with van der Waals surface area (Å²) < 4.78 is 41.1. The van der Waals surface area contributed by atoms with Crippen molar-refractivity contribution in [1.29, 1.82) is 0 Å². The van der Waals surface area contributed by atoms with Crippen molar-refractivity contribution in [2.75, 3.05) is 0 Å². The molecule has 0 heterocycles. The van der Waals surface area contributed by atoms with E-state index in [9.17, 15) is 17.6 Å². The van der Waals surface area contributed by atoms with Gasteiger partial charge in [0, 0.05) is 51.4 Å². The minimum absolute atomic E-state index is 0. The zero-order valence-corrected chi connectivity index (χ0v) is 6.63. The van der Waals surface area contributed by atoms with Crippen LogP contribution in [0.3, 0.4) is 0 Å². The molecule has 0 nitrogen and oxygen atoms in total. The van der Waals surface area contributed by atoms with Gasteiger partial charge in [0.25, 0.3) is 0 Å². The number of halogens is 4. The van der Waals surface area contributed by atoms with Gasteiger partial charge >= 0.3 is 12.2 Å². The SMILES string of the molecule is FC(F)=C(F)F.[K]. The first-order valence-electron chi connectivity index (χ1n) is 1.01. The Morgan fingerprint density at radius 3 is 0.857 bits per heavy atom. The van der Waals surface area contributed by atoms with Crippen molar-refractivity contribution in [2.45, 2.75) is 0 Å². The first kappa shape index (κ1) is 11.0. The maximum Gasteiger partial charge on any atom is 0.334 e. The van der Waals surface area contributed by atoms with E-state index in [2.05, 4.69) is 0 Å². The normalized spacial score (nSPS) is 6.86. The third-order valence-corrected chi connectivity index (χ3v) is 0.143. The van der Waals surface area contributed by atoms with E-state index < -0.39 is 12.2 Å². The molecule has 0 aliphatic heterocycles. The average molecular weight is 139 g/mol. The van der Waals surface area contributed by atoms with Gasteiger partial charge in [-0.15, -0.1) is 0 Å². The Hall–Kier alpha value is 1.10. The third kappa shape index (κ3) is 7.10. The maximum atomic E-state index is 10.3. The van der Waals surface area contributed by atoms with Crippen LogP contribution in [0.1, 0.15) is 0 Å². The molecular formula is C2F4K. The molecule has 0 spiro atoms. The van der Waals surface area contributed by atoms with Crippen LogP contribution in [0.15, 0.2) is 12.2 Å². The summed E-state index contributed by atoms with van der Waals surface area (Å²) in [5, 5.41) is 0. The van der Waals surface area contributed by atoms with Gasteiger partial charge in [0.2, 0.25) is 0 Å². The van der Waals surface area contributed by atoms with Crippen LogP contribution < -0.4 is 0 Å². The summed E-state index contributed by atoms with van der Waals surface area (Å²) in [4.78, 5) is 0. The molecule has 0 unspecified atom stereocenters. The minimum Gasteiger partial charge on any atom is -0.167 e. The topological polar surface area (TPSA) is 0 Å². The molecule has 37 valence electrons. The summed E-state index contributed by atoms with van der Waals surface area (Å²) in [5.74, 6) is 0. The predicted molar refractivity (Wildman–Crippen MR) is 17.2 cm³/mol. The quantitative estimate of drug-likeness (QED) is 0.353. The predicted octanol–water partition coefficient (Wildman–Crippen LogP) is 1.61. The third-order valence-electron chi connectivity index (χ3n) is 0.143. The van der Waals surface area contributed by atoms with Crippen LogP contribution in [0.5, 0.6) is 0 Å². The van der Waals surface area contributed by atoms with Crippen LogP contribution in [0.2, 0.25) is 0 Å². The molecule has 0 atom stereocenters. The standard InChI is InChI=1S/C2F4.K/c3-1(4)2(5)6;. The van der Waals surface area contributed by atoms with Crippen LogP contribution in [0, 0.1) is 0 Å². The van der Waals surface area contributed by atoms with E-state index in [0.717, 1.165) is 0 Å². The fraction of sp³-hybridized carbons (Fsp3) is 0. The van der Waals surface area contributed by atoms with E-state index in [1.165, 1.54) is 0 Å². The Morgan fingerprint density at radius 1 is 0.714 bits per heavy atom. The number of hydrogen-bond donors (Lipinski definition) is 0. The van der Waals surface area contributed by atoms with Crippen molar-refractivity contribution in [3.8, 4) is 0 Å². The van der Waals surface area contributed by atoms with E-state index in [0.29, 0.717) is 0 Å². The summed E-state index contributed by atoms with van der Waals surface area (Å²) in [6, 6.07) is 0. The molecule has 0 fully saturated rings. The van der Waals surface area contributed by atoms with Gasteiger partial charge in [-0.2, -0.15) is 17.6 Å². The van der Waals surface area contributed by atoms with Crippen LogP contribution >= 0.6 is 0 Å². The molecule has 0 aromatic heterocycles. The van der Waals surface area contributed by atoms with E-state index in [4.69, 9.17) is 0 Å². The minimum atomic E-state index is -2.91. The van der Waals surface area contributed by atoms with Gasteiger partial charge in [-0.1, -0.05) is 0 Å². The molecule has 0 aromatic carbocycles. The number of hydrogen-bond acceptors (Lipinski definition) is 0. The van der Waals surface area contributed by atoms with Gasteiger partial charge in [0.05, 0.1) is 0 Å². The Balaban J connectivity index is 0. The zero-order valence-electron chi connectivity index (χ0n) is 3.51. The van der Waals surface area contributed by atoms with E-state index >= 15 is 0 Å². The van der Waals surface area contributed by atoms with Gasteiger partial charge in [0.15, 0.2) is 0 Å². The van der Waals surface area contributed by atoms with E-state index in [1.807, 2.05) is 0 Å². The molecule has 0 aromatic rings. The van der Waals surface area contributed by atoms with E-state index in [-0.39, 0.29) is 51.4 Å². The molecule has 0 N–H and O–H groups in total. The Labute approximate surface area is 80.0 Å². The van der Waals surface area contributed by atoms with Crippen LogP contribution in [0.4, 0.5) is 17.6 Å². The molecular weight excluding hydrogens is 139 g/mol. The van der Waals surface area contributed by atoms with Crippen molar-refractivity contribution in [3.63, 3.8) is 0 Å². The maximum absolute atomic E-state index is 10.3. The Morgan fingerprint density at radius 2 is 0.857 bits per heavy atom. The van der Waals surface area contributed by atoms with Gasteiger partial charge in [-0.05, 0) is 0 Å². The van der Waals surface area contributed by atoms with Crippen molar-refractivity contribution >= 4 is 51.4 Å². The molecule has 0 aliphatic rings. The molecule has 0 saturated heterocycles.